The molecule has 0 aromatic carbocycles. The predicted molar refractivity (Wildman–Crippen MR) is 86.1 cm³/mol. The fourth-order valence-corrected chi connectivity index (χ4v) is 2.85. The van der Waals surface area contributed by atoms with Crippen LogP contribution in [0.3, 0.4) is 0 Å². The molecule has 0 aromatic heterocycles. The van der Waals surface area contributed by atoms with Gasteiger partial charge in [0.15, 0.2) is 5.09 Å². The van der Waals surface area contributed by atoms with Gasteiger partial charge in [0.25, 0.3) is 0 Å². The molecule has 118 valence electrons. The fourth-order valence-electron chi connectivity index (χ4n) is 2.11. The molecule has 20 heavy (non-hydrogen) atoms. The summed E-state index contributed by atoms with van der Waals surface area (Å²) in [5, 5.41) is 0.983. The van der Waals surface area contributed by atoms with Crippen molar-refractivity contribution in [3.63, 3.8) is 0 Å². The molecule has 0 amide bonds. The van der Waals surface area contributed by atoms with Gasteiger partial charge < -0.3 is 14.2 Å². The summed E-state index contributed by atoms with van der Waals surface area (Å²) in [4.78, 5) is 0. The first-order valence-electron chi connectivity index (χ1n) is 7.97. The highest BCUT2D eigenvalue weighted by Gasteiger charge is 2.33. The summed E-state index contributed by atoms with van der Waals surface area (Å²) in [6, 6.07) is 0. The number of thioether (sulfide) groups is 1. The maximum absolute atomic E-state index is 6.02. The maximum Gasteiger partial charge on any atom is 0.152 e. The normalized spacial score (nSPS) is 26.2. The number of rotatable bonds is 10. The Morgan fingerprint density at radius 2 is 1.75 bits per heavy atom. The molecule has 3 nitrogen and oxygen atoms in total. The molecule has 0 radical (unpaired) electrons. The zero-order chi connectivity index (χ0) is 14.8. The number of hydrogen-bond acceptors (Lipinski definition) is 4. The third-order valence-electron chi connectivity index (χ3n) is 3.29. The van der Waals surface area contributed by atoms with Crippen molar-refractivity contribution in [2.75, 3.05) is 19.0 Å². The largest absolute Gasteiger partial charge is 0.482 e. The molecule has 0 fully saturated rings. The van der Waals surface area contributed by atoms with Gasteiger partial charge in [0.1, 0.15) is 18.3 Å². The van der Waals surface area contributed by atoms with Gasteiger partial charge in [-0.05, 0) is 31.6 Å². The van der Waals surface area contributed by atoms with Gasteiger partial charge in [-0.1, -0.05) is 45.4 Å². The molecule has 1 heterocycles. The van der Waals surface area contributed by atoms with E-state index in [2.05, 4.69) is 33.8 Å². The van der Waals surface area contributed by atoms with Crippen molar-refractivity contribution in [1.29, 1.82) is 0 Å². The van der Waals surface area contributed by atoms with Gasteiger partial charge in [-0.2, -0.15) is 0 Å². The van der Waals surface area contributed by atoms with Crippen LogP contribution in [-0.2, 0) is 14.2 Å². The molecular weight excluding hydrogens is 272 g/mol. The highest BCUT2D eigenvalue weighted by atomic mass is 32.2. The molecule has 1 aliphatic heterocycles. The van der Waals surface area contributed by atoms with Crippen molar-refractivity contribution in [2.45, 2.75) is 71.7 Å². The standard InChI is InChI=1S/C16H30O3S/c1-5-8-10-17-14-12-15(20-7-3)19-13(4)16(14)18-11-9-6-2/h12-14,16H,5-11H2,1-4H3/t13?,14?,16-/m1/s1. The number of unbranched alkanes of at least 4 members (excludes halogenated alkanes) is 2. The molecule has 1 rings (SSSR count). The van der Waals surface area contributed by atoms with Gasteiger partial charge in [-0.3, -0.25) is 0 Å². The summed E-state index contributed by atoms with van der Waals surface area (Å²) in [6.07, 6.45) is 6.67. The zero-order valence-electron chi connectivity index (χ0n) is 13.4. The van der Waals surface area contributed by atoms with Crippen molar-refractivity contribution < 1.29 is 14.2 Å². The summed E-state index contributed by atoms with van der Waals surface area (Å²) >= 11 is 1.73. The van der Waals surface area contributed by atoms with Crippen molar-refractivity contribution in [3.8, 4) is 0 Å². The summed E-state index contributed by atoms with van der Waals surface area (Å²) in [5.41, 5.74) is 0. The van der Waals surface area contributed by atoms with Crippen LogP contribution in [0.25, 0.3) is 0 Å². The van der Waals surface area contributed by atoms with Crippen LogP contribution < -0.4 is 0 Å². The highest BCUT2D eigenvalue weighted by molar-refractivity contribution is 8.02. The van der Waals surface area contributed by atoms with Gasteiger partial charge >= 0.3 is 0 Å². The quantitative estimate of drug-likeness (QED) is 0.560. The summed E-state index contributed by atoms with van der Waals surface area (Å²) in [6.45, 7) is 10.1. The molecular formula is C16H30O3S. The van der Waals surface area contributed by atoms with E-state index in [1.54, 1.807) is 11.8 Å². The summed E-state index contributed by atoms with van der Waals surface area (Å²) < 4.78 is 17.9. The fraction of sp³-hybridized carbons (Fsp3) is 0.875. The van der Waals surface area contributed by atoms with Gasteiger partial charge in [-0.15, -0.1) is 0 Å². The Bertz CT molecular complexity index is 281. The van der Waals surface area contributed by atoms with Crippen molar-refractivity contribution in [2.24, 2.45) is 0 Å². The van der Waals surface area contributed by atoms with E-state index in [1.807, 2.05) is 0 Å². The Hall–Kier alpha value is -0.190. The third-order valence-corrected chi connectivity index (χ3v) is 4.10. The van der Waals surface area contributed by atoms with Gasteiger partial charge in [0, 0.05) is 13.2 Å². The average Bonchev–Trinajstić information content (AvgIpc) is 2.42. The topological polar surface area (TPSA) is 27.7 Å². The first-order chi connectivity index (χ1) is 9.72. The average molecular weight is 302 g/mol. The van der Waals surface area contributed by atoms with E-state index in [-0.39, 0.29) is 18.3 Å². The first-order valence-corrected chi connectivity index (χ1v) is 8.95. The van der Waals surface area contributed by atoms with E-state index < -0.39 is 0 Å². The number of ether oxygens (including phenoxy) is 3. The molecule has 0 aliphatic carbocycles. The minimum atomic E-state index is 0.0135. The van der Waals surface area contributed by atoms with Gasteiger partial charge in [0.05, 0.1) is 0 Å². The maximum atomic E-state index is 6.02. The third kappa shape index (κ3) is 6.06. The molecule has 2 unspecified atom stereocenters. The van der Waals surface area contributed by atoms with E-state index in [0.717, 1.165) is 49.7 Å². The zero-order valence-corrected chi connectivity index (χ0v) is 14.2. The molecule has 3 atom stereocenters. The Labute approximate surface area is 128 Å². The summed E-state index contributed by atoms with van der Waals surface area (Å²) in [7, 11) is 0. The monoisotopic (exact) mass is 302 g/mol. The second-order valence-electron chi connectivity index (χ2n) is 5.12. The second-order valence-corrected chi connectivity index (χ2v) is 6.39. The Morgan fingerprint density at radius 1 is 1.10 bits per heavy atom. The van der Waals surface area contributed by atoms with E-state index in [1.165, 1.54) is 0 Å². The van der Waals surface area contributed by atoms with Crippen LogP contribution in [0, 0.1) is 0 Å². The lowest BCUT2D eigenvalue weighted by Gasteiger charge is -2.35. The van der Waals surface area contributed by atoms with Crippen LogP contribution in [0.15, 0.2) is 11.2 Å². The molecule has 0 bridgehead atoms. The summed E-state index contributed by atoms with van der Waals surface area (Å²) in [5.74, 6) is 1.02. The molecule has 0 spiro atoms. The van der Waals surface area contributed by atoms with E-state index >= 15 is 0 Å². The first kappa shape index (κ1) is 17.9. The molecule has 0 saturated heterocycles. The predicted octanol–water partition coefficient (Wildman–Crippen LogP) is 4.37. The van der Waals surface area contributed by atoms with E-state index in [9.17, 15) is 0 Å². The molecule has 0 aromatic rings. The van der Waals surface area contributed by atoms with Crippen molar-refractivity contribution in [1.82, 2.24) is 0 Å². The minimum Gasteiger partial charge on any atom is -0.482 e. The van der Waals surface area contributed by atoms with Crippen molar-refractivity contribution >= 4 is 11.8 Å². The lowest BCUT2D eigenvalue weighted by atomic mass is 10.1. The highest BCUT2D eigenvalue weighted by Crippen LogP contribution is 2.29. The SMILES string of the molecule is CCCCOC1C=C(SCC)OC(C)[C@H]1OCCCC. The van der Waals surface area contributed by atoms with Crippen LogP contribution in [0.4, 0.5) is 0 Å². The molecule has 4 heteroatoms. The van der Waals surface area contributed by atoms with Crippen LogP contribution in [0.5, 0.6) is 0 Å². The van der Waals surface area contributed by atoms with Crippen LogP contribution in [-0.4, -0.2) is 37.3 Å². The second kappa shape index (κ2) is 10.5. The molecule has 0 N–H and O–H groups in total. The van der Waals surface area contributed by atoms with Crippen LogP contribution in [0.1, 0.15) is 53.4 Å². The smallest absolute Gasteiger partial charge is 0.152 e. The van der Waals surface area contributed by atoms with Gasteiger partial charge in [0.2, 0.25) is 0 Å². The molecule has 1 aliphatic rings. The molecule has 0 saturated carbocycles. The Balaban J connectivity index is 2.61. The van der Waals surface area contributed by atoms with Crippen LogP contribution in [0.2, 0.25) is 0 Å². The Kier molecular flexibility index (Phi) is 9.40. The van der Waals surface area contributed by atoms with Gasteiger partial charge in [-0.25, -0.2) is 0 Å². The van der Waals surface area contributed by atoms with E-state index in [4.69, 9.17) is 14.2 Å². The van der Waals surface area contributed by atoms with Crippen LogP contribution >= 0.6 is 11.8 Å². The minimum absolute atomic E-state index is 0.0135. The lowest BCUT2D eigenvalue weighted by molar-refractivity contribution is -0.118. The van der Waals surface area contributed by atoms with Crippen molar-refractivity contribution in [3.05, 3.63) is 11.2 Å². The Morgan fingerprint density at radius 3 is 2.35 bits per heavy atom. The lowest BCUT2D eigenvalue weighted by Crippen LogP contribution is -2.43. The van der Waals surface area contributed by atoms with E-state index in [0.29, 0.717) is 0 Å². The number of hydrogen-bond donors (Lipinski definition) is 0.